The van der Waals surface area contributed by atoms with E-state index < -0.39 is 11.9 Å². The first-order valence-electron chi connectivity index (χ1n) is 9.06. The average Bonchev–Trinajstić information content (AvgIpc) is 3.45. The maximum atomic E-state index is 12.3. The summed E-state index contributed by atoms with van der Waals surface area (Å²) in [5, 5.41) is 13.9. The molecule has 29 heavy (non-hydrogen) atoms. The predicted octanol–water partition coefficient (Wildman–Crippen LogP) is 3.18. The van der Waals surface area contributed by atoms with Crippen LogP contribution >= 0.6 is 11.3 Å². The first-order chi connectivity index (χ1) is 14.1. The third kappa shape index (κ3) is 5.44. The second kappa shape index (κ2) is 9.87. The van der Waals surface area contributed by atoms with Gasteiger partial charge in [0.25, 0.3) is 5.91 Å². The van der Waals surface area contributed by atoms with Gasteiger partial charge in [0.1, 0.15) is 16.5 Å². The first kappa shape index (κ1) is 20.6. The van der Waals surface area contributed by atoms with Crippen molar-refractivity contribution in [2.45, 2.75) is 18.9 Å². The average molecular weight is 412 g/mol. The third-order valence-electron chi connectivity index (χ3n) is 4.30. The van der Waals surface area contributed by atoms with Crippen LogP contribution < -0.4 is 14.8 Å². The fourth-order valence-electron chi connectivity index (χ4n) is 2.83. The SMILES string of the molecule is COc1cc(/C=C(\C#N)C(=O)NCC2CCCO2)ccc1OC(=O)c1cccs1. The number of thiophene rings is 1. The van der Waals surface area contributed by atoms with Crippen LogP contribution in [0.5, 0.6) is 11.5 Å². The summed E-state index contributed by atoms with van der Waals surface area (Å²) in [6.45, 7) is 1.07. The Hall–Kier alpha value is -3.15. The minimum atomic E-state index is -0.479. The number of carbonyl (C=O) groups is 2. The number of hydrogen-bond donors (Lipinski definition) is 1. The van der Waals surface area contributed by atoms with Gasteiger partial charge in [-0.3, -0.25) is 4.79 Å². The molecule has 1 aliphatic heterocycles. The molecule has 0 saturated carbocycles. The van der Waals surface area contributed by atoms with Gasteiger partial charge in [0.2, 0.25) is 0 Å². The summed E-state index contributed by atoms with van der Waals surface area (Å²) >= 11 is 1.28. The van der Waals surface area contributed by atoms with Crippen LogP contribution in [0.1, 0.15) is 28.1 Å². The van der Waals surface area contributed by atoms with Crippen molar-refractivity contribution in [2.75, 3.05) is 20.3 Å². The molecule has 1 fully saturated rings. The summed E-state index contributed by atoms with van der Waals surface area (Å²) in [5.74, 6) is -0.368. The van der Waals surface area contributed by atoms with E-state index in [0.29, 0.717) is 29.3 Å². The highest BCUT2D eigenvalue weighted by atomic mass is 32.1. The zero-order chi connectivity index (χ0) is 20.6. The third-order valence-corrected chi connectivity index (χ3v) is 5.15. The normalized spacial score (nSPS) is 16.1. The monoisotopic (exact) mass is 412 g/mol. The van der Waals surface area contributed by atoms with E-state index in [4.69, 9.17) is 14.2 Å². The van der Waals surface area contributed by atoms with Gasteiger partial charge in [0, 0.05) is 13.2 Å². The number of hydrogen-bond acceptors (Lipinski definition) is 7. The van der Waals surface area contributed by atoms with Crippen LogP contribution in [-0.4, -0.2) is 38.2 Å². The number of carbonyl (C=O) groups excluding carboxylic acids is 2. The molecule has 1 atom stereocenters. The highest BCUT2D eigenvalue weighted by Gasteiger charge is 2.18. The standard InChI is InChI=1S/C21H20N2O5S/c1-26-18-11-14(6-7-17(18)28-21(25)19-5-3-9-29-19)10-15(12-22)20(24)23-13-16-4-2-8-27-16/h3,5-7,9-11,16H,2,4,8,13H2,1H3,(H,23,24)/b15-10+. The number of nitriles is 1. The van der Waals surface area contributed by atoms with E-state index in [1.165, 1.54) is 24.5 Å². The lowest BCUT2D eigenvalue weighted by atomic mass is 10.1. The Bertz CT molecular complexity index is 940. The van der Waals surface area contributed by atoms with Gasteiger partial charge in [-0.05, 0) is 48.1 Å². The van der Waals surface area contributed by atoms with Crippen LogP contribution in [0.25, 0.3) is 6.08 Å². The number of nitrogens with zero attached hydrogens (tertiary/aromatic N) is 1. The minimum absolute atomic E-state index is 0.00342. The van der Waals surface area contributed by atoms with Crippen LogP contribution in [0, 0.1) is 11.3 Å². The molecule has 1 unspecified atom stereocenters. The molecule has 0 bridgehead atoms. The molecule has 2 aromatic rings. The minimum Gasteiger partial charge on any atom is -0.493 e. The van der Waals surface area contributed by atoms with Crippen molar-refractivity contribution in [1.82, 2.24) is 5.32 Å². The summed E-state index contributed by atoms with van der Waals surface area (Å²) < 4.78 is 16.1. The quantitative estimate of drug-likeness (QED) is 0.325. The van der Waals surface area contributed by atoms with E-state index in [2.05, 4.69) is 5.32 Å². The number of nitrogens with one attached hydrogen (secondary N) is 1. The highest BCUT2D eigenvalue weighted by Crippen LogP contribution is 2.30. The molecule has 0 radical (unpaired) electrons. The van der Waals surface area contributed by atoms with Crippen LogP contribution in [0.2, 0.25) is 0 Å². The lowest BCUT2D eigenvalue weighted by Crippen LogP contribution is -2.32. The summed E-state index contributed by atoms with van der Waals surface area (Å²) in [5.41, 5.74) is 0.537. The highest BCUT2D eigenvalue weighted by molar-refractivity contribution is 7.12. The molecule has 1 aromatic heterocycles. The van der Waals surface area contributed by atoms with Crippen LogP contribution in [0.3, 0.4) is 0 Å². The van der Waals surface area contributed by atoms with E-state index in [0.717, 1.165) is 12.8 Å². The zero-order valence-corrected chi connectivity index (χ0v) is 16.7. The van der Waals surface area contributed by atoms with E-state index in [9.17, 15) is 14.9 Å². The lowest BCUT2D eigenvalue weighted by Gasteiger charge is -2.11. The Labute approximate surface area is 172 Å². The summed E-state index contributed by atoms with van der Waals surface area (Å²) in [6, 6.07) is 10.2. The summed E-state index contributed by atoms with van der Waals surface area (Å²) in [7, 11) is 1.45. The Morgan fingerprint density at radius 3 is 2.90 bits per heavy atom. The fourth-order valence-corrected chi connectivity index (χ4v) is 3.42. The predicted molar refractivity (Wildman–Crippen MR) is 108 cm³/mol. The molecule has 1 amide bonds. The van der Waals surface area contributed by atoms with Crippen molar-refractivity contribution in [3.05, 3.63) is 51.7 Å². The van der Waals surface area contributed by atoms with Crippen molar-refractivity contribution in [3.63, 3.8) is 0 Å². The molecule has 1 N–H and O–H groups in total. The smallest absolute Gasteiger partial charge is 0.353 e. The number of methoxy groups -OCH3 is 1. The zero-order valence-electron chi connectivity index (χ0n) is 15.8. The van der Waals surface area contributed by atoms with E-state index in [1.54, 1.807) is 35.7 Å². The van der Waals surface area contributed by atoms with Crippen LogP contribution in [0.4, 0.5) is 0 Å². The Morgan fingerprint density at radius 1 is 1.38 bits per heavy atom. The Kier molecular flexibility index (Phi) is 7.00. The van der Waals surface area contributed by atoms with Crippen molar-refractivity contribution >= 4 is 29.3 Å². The number of amides is 1. The van der Waals surface area contributed by atoms with Crippen molar-refractivity contribution in [3.8, 4) is 17.6 Å². The molecule has 0 aliphatic carbocycles. The van der Waals surface area contributed by atoms with Crippen molar-refractivity contribution in [2.24, 2.45) is 0 Å². The largest absolute Gasteiger partial charge is 0.493 e. The van der Waals surface area contributed by atoms with Gasteiger partial charge in [0.15, 0.2) is 11.5 Å². The first-order valence-corrected chi connectivity index (χ1v) is 9.94. The molecule has 2 heterocycles. The second-order valence-electron chi connectivity index (χ2n) is 6.29. The van der Waals surface area contributed by atoms with Crippen molar-refractivity contribution < 1.29 is 23.8 Å². The Morgan fingerprint density at radius 2 is 2.24 bits per heavy atom. The molecule has 7 nitrogen and oxygen atoms in total. The van der Waals surface area contributed by atoms with Gasteiger partial charge in [0.05, 0.1) is 13.2 Å². The molecule has 1 aromatic carbocycles. The number of rotatable bonds is 7. The summed E-state index contributed by atoms with van der Waals surface area (Å²) in [4.78, 5) is 24.9. The van der Waals surface area contributed by atoms with Gasteiger partial charge in [-0.15, -0.1) is 11.3 Å². The van der Waals surface area contributed by atoms with Crippen molar-refractivity contribution in [1.29, 1.82) is 5.26 Å². The molecular formula is C21H20N2O5S. The number of esters is 1. The van der Waals surface area contributed by atoms with Gasteiger partial charge in [-0.25, -0.2) is 4.79 Å². The molecule has 1 saturated heterocycles. The lowest BCUT2D eigenvalue weighted by molar-refractivity contribution is -0.117. The number of ether oxygens (including phenoxy) is 3. The fraction of sp³-hybridized carbons (Fsp3) is 0.286. The van der Waals surface area contributed by atoms with E-state index in [1.807, 2.05) is 6.07 Å². The van der Waals surface area contributed by atoms with Gasteiger partial charge in [-0.1, -0.05) is 12.1 Å². The van der Waals surface area contributed by atoms with E-state index in [-0.39, 0.29) is 17.4 Å². The second-order valence-corrected chi connectivity index (χ2v) is 7.24. The maximum absolute atomic E-state index is 12.3. The van der Waals surface area contributed by atoms with Gasteiger partial charge < -0.3 is 19.5 Å². The molecule has 1 aliphatic rings. The van der Waals surface area contributed by atoms with E-state index >= 15 is 0 Å². The van der Waals surface area contributed by atoms with Gasteiger partial charge in [-0.2, -0.15) is 5.26 Å². The summed E-state index contributed by atoms with van der Waals surface area (Å²) in [6.07, 6.45) is 3.33. The number of benzene rings is 1. The molecule has 150 valence electrons. The molecule has 0 spiro atoms. The maximum Gasteiger partial charge on any atom is 0.353 e. The molecular weight excluding hydrogens is 392 g/mol. The van der Waals surface area contributed by atoms with Gasteiger partial charge >= 0.3 is 5.97 Å². The van der Waals surface area contributed by atoms with Crippen LogP contribution in [-0.2, 0) is 9.53 Å². The Balaban J connectivity index is 1.70. The topological polar surface area (TPSA) is 97.7 Å². The van der Waals surface area contributed by atoms with Crippen LogP contribution in [0.15, 0.2) is 41.3 Å². The molecule has 8 heteroatoms. The molecule has 3 rings (SSSR count).